The van der Waals surface area contributed by atoms with Crippen molar-refractivity contribution in [2.45, 2.75) is 31.9 Å². The maximum absolute atomic E-state index is 12.1. The van der Waals surface area contributed by atoms with Crippen molar-refractivity contribution in [2.75, 3.05) is 4.72 Å². The number of anilines is 1. The molecule has 0 atom stereocenters. The summed E-state index contributed by atoms with van der Waals surface area (Å²) in [7, 11) is -3.87. The number of rotatable bonds is 5. The van der Waals surface area contributed by atoms with Gasteiger partial charge < -0.3 is 5.11 Å². The zero-order valence-corrected chi connectivity index (χ0v) is 12.0. The fraction of sp³-hybridized carbons (Fsp3) is 0.444. The van der Waals surface area contributed by atoms with Gasteiger partial charge in [0.2, 0.25) is 10.2 Å². The van der Waals surface area contributed by atoms with E-state index in [-0.39, 0.29) is 15.7 Å². The van der Waals surface area contributed by atoms with Gasteiger partial charge in [0.25, 0.3) is 10.0 Å². The molecule has 104 valence electrons. The van der Waals surface area contributed by atoms with Gasteiger partial charge >= 0.3 is 0 Å². The topological polar surface area (TPSA) is 121 Å². The lowest BCUT2D eigenvalue weighted by Gasteiger charge is -2.03. The molecule has 2 aromatic rings. The normalized spacial score (nSPS) is 11.7. The zero-order valence-electron chi connectivity index (χ0n) is 10.3. The van der Waals surface area contributed by atoms with E-state index in [9.17, 15) is 13.5 Å². The van der Waals surface area contributed by atoms with Crippen molar-refractivity contribution < 1.29 is 13.5 Å². The van der Waals surface area contributed by atoms with Crippen molar-refractivity contribution in [3.8, 4) is 0 Å². The highest BCUT2D eigenvalue weighted by atomic mass is 32.2. The molecule has 0 bridgehead atoms. The summed E-state index contributed by atoms with van der Waals surface area (Å²) in [5.74, 6) is 0. The summed E-state index contributed by atoms with van der Waals surface area (Å²) in [6.07, 6.45) is 0.683. The maximum Gasteiger partial charge on any atom is 0.283 e. The summed E-state index contributed by atoms with van der Waals surface area (Å²) in [6.45, 7) is 3.13. The highest BCUT2D eigenvalue weighted by molar-refractivity contribution is 7.92. The number of sulfonamides is 1. The third-order valence-corrected chi connectivity index (χ3v) is 4.86. The van der Waals surface area contributed by atoms with Crippen LogP contribution in [0.1, 0.15) is 23.2 Å². The fourth-order valence-electron chi connectivity index (χ4n) is 1.44. The number of aromatic amines is 1. The summed E-state index contributed by atoms with van der Waals surface area (Å²) < 4.78 is 26.6. The van der Waals surface area contributed by atoms with Crippen LogP contribution in [0.5, 0.6) is 0 Å². The van der Waals surface area contributed by atoms with Gasteiger partial charge in [0.1, 0.15) is 5.01 Å². The Bertz CT molecular complexity index is 676. The summed E-state index contributed by atoms with van der Waals surface area (Å²) in [6, 6.07) is 0. The third kappa shape index (κ3) is 2.74. The number of aliphatic hydroxyl groups is 1. The lowest BCUT2D eigenvalue weighted by atomic mass is 10.3. The molecule has 0 spiro atoms. The average Bonchev–Trinajstić information content (AvgIpc) is 2.95. The standard InChI is InChI=1S/C9H13N5O3S2/c1-3-7-11-13-9(18-7)14-19(16,17)8-6(4-15)5(2)10-12-8/h15H,3-4H2,1-2H3,(H,10,12)(H,13,14). The van der Waals surface area contributed by atoms with Gasteiger partial charge in [-0.25, -0.2) is 0 Å². The number of hydrogen-bond donors (Lipinski definition) is 3. The van der Waals surface area contributed by atoms with Crippen LogP contribution in [0.4, 0.5) is 5.13 Å². The molecule has 2 aromatic heterocycles. The summed E-state index contributed by atoms with van der Waals surface area (Å²) in [5.41, 5.74) is 0.752. The van der Waals surface area contributed by atoms with Gasteiger partial charge in [0.05, 0.1) is 6.61 Å². The highest BCUT2D eigenvalue weighted by Gasteiger charge is 2.24. The first-order valence-electron chi connectivity index (χ1n) is 5.47. The Morgan fingerprint density at radius 1 is 1.42 bits per heavy atom. The first-order valence-corrected chi connectivity index (χ1v) is 7.77. The van der Waals surface area contributed by atoms with Crippen LogP contribution in [0.2, 0.25) is 0 Å². The molecule has 0 aromatic carbocycles. The Morgan fingerprint density at radius 3 is 2.74 bits per heavy atom. The van der Waals surface area contributed by atoms with Crippen LogP contribution in [0.15, 0.2) is 5.03 Å². The van der Waals surface area contributed by atoms with E-state index in [1.807, 2.05) is 6.92 Å². The van der Waals surface area contributed by atoms with E-state index in [1.165, 1.54) is 0 Å². The molecule has 0 saturated heterocycles. The highest BCUT2D eigenvalue weighted by Crippen LogP contribution is 2.22. The minimum atomic E-state index is -3.87. The average molecular weight is 303 g/mol. The van der Waals surface area contributed by atoms with E-state index < -0.39 is 16.6 Å². The van der Waals surface area contributed by atoms with Crippen LogP contribution in [0.25, 0.3) is 0 Å². The number of aliphatic hydroxyl groups excluding tert-OH is 1. The van der Waals surface area contributed by atoms with Crippen LogP contribution in [-0.2, 0) is 23.1 Å². The largest absolute Gasteiger partial charge is 0.392 e. The summed E-state index contributed by atoms with van der Waals surface area (Å²) >= 11 is 1.16. The van der Waals surface area contributed by atoms with E-state index in [4.69, 9.17) is 0 Å². The van der Waals surface area contributed by atoms with Gasteiger partial charge in [-0.2, -0.15) is 13.5 Å². The Kier molecular flexibility index (Phi) is 3.83. The van der Waals surface area contributed by atoms with Crippen molar-refractivity contribution >= 4 is 26.5 Å². The SMILES string of the molecule is CCc1nnc(NS(=O)(=O)c2n[nH]c(C)c2CO)s1. The van der Waals surface area contributed by atoms with Crippen LogP contribution in [0.3, 0.4) is 0 Å². The van der Waals surface area contributed by atoms with Crippen LogP contribution in [-0.4, -0.2) is 33.9 Å². The first kappa shape index (κ1) is 13.9. The smallest absolute Gasteiger partial charge is 0.283 e. The molecule has 0 saturated carbocycles. The number of H-pyrrole nitrogens is 1. The predicted octanol–water partition coefficient (Wildman–Crippen LogP) is 0.425. The van der Waals surface area contributed by atoms with Gasteiger partial charge in [-0.05, 0) is 13.3 Å². The molecular formula is C9H13N5O3S2. The Morgan fingerprint density at radius 2 is 2.16 bits per heavy atom. The number of nitrogens with zero attached hydrogens (tertiary/aromatic N) is 3. The van der Waals surface area contributed by atoms with Crippen molar-refractivity contribution in [1.82, 2.24) is 20.4 Å². The Balaban J connectivity index is 2.32. The number of nitrogens with one attached hydrogen (secondary N) is 2. The van der Waals surface area contributed by atoms with E-state index in [1.54, 1.807) is 6.92 Å². The van der Waals surface area contributed by atoms with Crippen molar-refractivity contribution in [1.29, 1.82) is 0 Å². The maximum atomic E-state index is 12.1. The summed E-state index contributed by atoms with van der Waals surface area (Å²) in [4.78, 5) is 0. The molecule has 0 aliphatic rings. The number of aromatic nitrogens is 4. The second kappa shape index (κ2) is 5.23. The van der Waals surface area contributed by atoms with E-state index in [0.29, 0.717) is 12.1 Å². The molecule has 10 heteroatoms. The summed E-state index contributed by atoms with van der Waals surface area (Å²) in [5, 5.41) is 23.7. The van der Waals surface area contributed by atoms with Gasteiger partial charge in [-0.15, -0.1) is 10.2 Å². The van der Waals surface area contributed by atoms with Gasteiger partial charge in [-0.1, -0.05) is 18.3 Å². The third-order valence-electron chi connectivity index (χ3n) is 2.44. The minimum absolute atomic E-state index is 0.182. The molecule has 0 amide bonds. The molecule has 0 fully saturated rings. The molecule has 8 nitrogen and oxygen atoms in total. The Labute approximate surface area is 113 Å². The van der Waals surface area contributed by atoms with Gasteiger partial charge in [0, 0.05) is 11.3 Å². The van der Waals surface area contributed by atoms with E-state index in [0.717, 1.165) is 16.3 Å². The molecule has 2 heterocycles. The fourth-order valence-corrected chi connectivity index (χ4v) is 3.54. The predicted molar refractivity (Wildman–Crippen MR) is 69.3 cm³/mol. The molecule has 2 rings (SSSR count). The van der Waals surface area contributed by atoms with E-state index >= 15 is 0 Å². The lowest BCUT2D eigenvalue weighted by Crippen LogP contribution is -2.15. The van der Waals surface area contributed by atoms with Gasteiger partial charge in [0.15, 0.2) is 0 Å². The van der Waals surface area contributed by atoms with Crippen molar-refractivity contribution in [2.24, 2.45) is 0 Å². The molecule has 3 N–H and O–H groups in total. The monoisotopic (exact) mass is 303 g/mol. The molecular weight excluding hydrogens is 290 g/mol. The first-order chi connectivity index (χ1) is 8.97. The zero-order chi connectivity index (χ0) is 14.0. The minimum Gasteiger partial charge on any atom is -0.392 e. The Hall–Kier alpha value is -1.52. The molecule has 0 aliphatic heterocycles. The quantitative estimate of drug-likeness (QED) is 0.736. The van der Waals surface area contributed by atoms with Crippen LogP contribution < -0.4 is 4.72 Å². The van der Waals surface area contributed by atoms with Crippen molar-refractivity contribution in [3.63, 3.8) is 0 Å². The second-order valence-corrected chi connectivity index (χ2v) is 6.41. The lowest BCUT2D eigenvalue weighted by molar-refractivity contribution is 0.277. The number of aryl methyl sites for hydroxylation is 2. The molecule has 0 aliphatic carbocycles. The van der Waals surface area contributed by atoms with Gasteiger partial charge in [-0.3, -0.25) is 9.82 Å². The van der Waals surface area contributed by atoms with E-state index in [2.05, 4.69) is 25.1 Å². The number of hydrogen-bond acceptors (Lipinski definition) is 7. The molecule has 19 heavy (non-hydrogen) atoms. The second-order valence-electron chi connectivity index (χ2n) is 3.75. The molecule has 0 unspecified atom stereocenters. The van der Waals surface area contributed by atoms with Crippen LogP contribution in [0, 0.1) is 6.92 Å². The van der Waals surface area contributed by atoms with Crippen molar-refractivity contribution in [3.05, 3.63) is 16.3 Å². The molecule has 0 radical (unpaired) electrons. The van der Waals surface area contributed by atoms with Crippen LogP contribution >= 0.6 is 11.3 Å².